The number of aryl methyl sites for hydroxylation is 1. The number of hydrogen-bond donors (Lipinski definition) is 1. The molecule has 2 heterocycles. The molecular weight excluding hydrogens is 480 g/mol. The van der Waals surface area contributed by atoms with Crippen molar-refractivity contribution in [2.45, 2.75) is 31.9 Å². The topological polar surface area (TPSA) is 85.7 Å². The van der Waals surface area contributed by atoms with Gasteiger partial charge in [0.05, 0.1) is 23.9 Å². The average molecular weight is 509 g/mol. The highest BCUT2D eigenvalue weighted by molar-refractivity contribution is 6.32. The number of morpholine rings is 1. The van der Waals surface area contributed by atoms with Gasteiger partial charge < -0.3 is 19.7 Å². The van der Waals surface area contributed by atoms with E-state index >= 15 is 0 Å². The van der Waals surface area contributed by atoms with E-state index < -0.39 is 0 Å². The maximum atomic E-state index is 12.7. The summed E-state index contributed by atoms with van der Waals surface area (Å²) in [6, 6.07) is 14.8. The van der Waals surface area contributed by atoms with Crippen molar-refractivity contribution in [2.24, 2.45) is 7.05 Å². The van der Waals surface area contributed by atoms with Crippen LogP contribution in [0.25, 0.3) is 0 Å². The van der Waals surface area contributed by atoms with Gasteiger partial charge in [-0.25, -0.2) is 0 Å². The van der Waals surface area contributed by atoms with Crippen molar-refractivity contribution in [2.75, 3.05) is 26.3 Å². The van der Waals surface area contributed by atoms with Gasteiger partial charge in [0.1, 0.15) is 18.1 Å². The number of hydrogen-bond acceptors (Lipinski definition) is 5. The standard InChI is InChI=1S/C27H29ClN4O4/c1-31-24(15-23(30-31)20-6-7-20)26(33)29-16-18-5-8-25(22(28)14-18)36-17-19-3-2-4-21(13-19)27(34)32-9-11-35-12-10-32/h2-5,8,13-15,20H,6-7,9-12,16-17H2,1H3,(H,29,33). The highest BCUT2D eigenvalue weighted by Gasteiger charge is 2.28. The van der Waals surface area contributed by atoms with Crippen molar-refractivity contribution >= 4 is 23.4 Å². The van der Waals surface area contributed by atoms with E-state index in [4.69, 9.17) is 21.1 Å². The Labute approximate surface area is 215 Å². The van der Waals surface area contributed by atoms with E-state index in [0.29, 0.717) is 60.8 Å². The molecule has 0 atom stereocenters. The lowest BCUT2D eigenvalue weighted by Crippen LogP contribution is -2.40. The van der Waals surface area contributed by atoms with Crippen LogP contribution in [0.15, 0.2) is 48.5 Å². The number of halogens is 1. The van der Waals surface area contributed by atoms with Gasteiger partial charge in [0.2, 0.25) is 0 Å². The zero-order valence-corrected chi connectivity index (χ0v) is 21.0. The predicted octanol–water partition coefficient (Wildman–Crippen LogP) is 3.93. The van der Waals surface area contributed by atoms with Crippen LogP contribution in [0.4, 0.5) is 0 Å². The monoisotopic (exact) mass is 508 g/mol. The zero-order chi connectivity index (χ0) is 25.1. The van der Waals surface area contributed by atoms with Gasteiger partial charge in [-0.1, -0.05) is 29.8 Å². The summed E-state index contributed by atoms with van der Waals surface area (Å²) in [5, 5.41) is 7.84. The molecule has 1 aromatic heterocycles. The van der Waals surface area contributed by atoms with E-state index in [1.807, 2.05) is 36.4 Å². The van der Waals surface area contributed by atoms with E-state index in [1.165, 1.54) is 0 Å². The summed E-state index contributed by atoms with van der Waals surface area (Å²) in [6.45, 7) is 2.96. The van der Waals surface area contributed by atoms with Gasteiger partial charge in [0.15, 0.2) is 0 Å². The number of carbonyl (C=O) groups excluding carboxylic acids is 2. The summed E-state index contributed by atoms with van der Waals surface area (Å²) in [5.41, 5.74) is 3.92. The molecule has 0 spiro atoms. The minimum absolute atomic E-state index is 0.000492. The Kier molecular flexibility index (Phi) is 7.25. The third-order valence-corrected chi connectivity index (χ3v) is 6.74. The lowest BCUT2D eigenvalue weighted by atomic mass is 10.1. The summed E-state index contributed by atoms with van der Waals surface area (Å²) in [6.07, 6.45) is 2.28. The van der Waals surface area contributed by atoms with Gasteiger partial charge in [-0.15, -0.1) is 0 Å². The minimum Gasteiger partial charge on any atom is -0.487 e. The number of rotatable bonds is 8. The van der Waals surface area contributed by atoms with Gasteiger partial charge in [-0.3, -0.25) is 14.3 Å². The quantitative estimate of drug-likeness (QED) is 0.498. The molecule has 1 aliphatic carbocycles. The molecule has 2 fully saturated rings. The molecule has 3 aromatic rings. The number of ether oxygens (including phenoxy) is 2. The van der Waals surface area contributed by atoms with Gasteiger partial charge in [-0.2, -0.15) is 5.10 Å². The molecule has 8 nitrogen and oxygen atoms in total. The van der Waals surface area contributed by atoms with Crippen LogP contribution in [0.3, 0.4) is 0 Å². The van der Waals surface area contributed by atoms with Crippen LogP contribution >= 0.6 is 11.6 Å². The van der Waals surface area contributed by atoms with Crippen LogP contribution < -0.4 is 10.1 Å². The van der Waals surface area contributed by atoms with E-state index in [1.54, 1.807) is 28.8 Å². The summed E-state index contributed by atoms with van der Waals surface area (Å²) in [5.74, 6) is 0.869. The Bertz CT molecular complexity index is 1260. The lowest BCUT2D eigenvalue weighted by Gasteiger charge is -2.27. The molecule has 1 N–H and O–H groups in total. The molecule has 1 saturated carbocycles. The molecule has 1 saturated heterocycles. The molecule has 0 unspecified atom stereocenters. The summed E-state index contributed by atoms with van der Waals surface area (Å²) < 4.78 is 12.9. The van der Waals surface area contributed by atoms with Crippen molar-refractivity contribution < 1.29 is 19.1 Å². The van der Waals surface area contributed by atoms with Crippen LogP contribution in [0.1, 0.15) is 56.4 Å². The predicted molar refractivity (Wildman–Crippen MR) is 135 cm³/mol. The van der Waals surface area contributed by atoms with E-state index in [2.05, 4.69) is 10.4 Å². The molecule has 36 heavy (non-hydrogen) atoms. The minimum atomic E-state index is -0.167. The van der Waals surface area contributed by atoms with Crippen LogP contribution in [0, 0.1) is 0 Å². The summed E-state index contributed by atoms with van der Waals surface area (Å²) in [7, 11) is 1.79. The fraction of sp³-hybridized carbons (Fsp3) is 0.370. The maximum absolute atomic E-state index is 12.7. The first-order valence-corrected chi connectivity index (χ1v) is 12.5. The largest absolute Gasteiger partial charge is 0.487 e. The van der Waals surface area contributed by atoms with Crippen molar-refractivity contribution in [1.29, 1.82) is 0 Å². The smallest absolute Gasteiger partial charge is 0.269 e. The van der Waals surface area contributed by atoms with Crippen LogP contribution in [0.2, 0.25) is 5.02 Å². The Morgan fingerprint density at radius 1 is 1.11 bits per heavy atom. The molecule has 188 valence electrons. The molecule has 0 radical (unpaired) electrons. The molecule has 1 aliphatic heterocycles. The first kappa shape index (κ1) is 24.3. The lowest BCUT2D eigenvalue weighted by molar-refractivity contribution is 0.0303. The molecule has 9 heteroatoms. The second-order valence-corrected chi connectivity index (χ2v) is 9.60. The first-order chi connectivity index (χ1) is 17.5. The highest BCUT2D eigenvalue weighted by Crippen LogP contribution is 2.39. The molecule has 2 aliphatic rings. The number of amides is 2. The fourth-order valence-corrected chi connectivity index (χ4v) is 4.49. The highest BCUT2D eigenvalue weighted by atomic mass is 35.5. The number of nitrogens with zero attached hydrogens (tertiary/aromatic N) is 3. The number of aromatic nitrogens is 2. The third kappa shape index (κ3) is 5.71. The van der Waals surface area contributed by atoms with E-state index in [-0.39, 0.29) is 18.4 Å². The van der Waals surface area contributed by atoms with Gasteiger partial charge in [-0.05, 0) is 54.3 Å². The van der Waals surface area contributed by atoms with Gasteiger partial charge >= 0.3 is 0 Å². The average Bonchev–Trinajstić information content (AvgIpc) is 3.68. The van der Waals surface area contributed by atoms with Crippen LogP contribution in [-0.2, 0) is 24.9 Å². The SMILES string of the molecule is Cn1nc(C2CC2)cc1C(=O)NCc1ccc(OCc2cccc(C(=O)N3CCOCC3)c2)c(Cl)c1. The first-order valence-electron chi connectivity index (χ1n) is 12.2. The number of nitrogens with one attached hydrogen (secondary N) is 1. The Morgan fingerprint density at radius 2 is 1.92 bits per heavy atom. The van der Waals surface area contributed by atoms with Crippen LogP contribution in [-0.4, -0.2) is 52.8 Å². The Hall–Kier alpha value is -3.36. The molecular formula is C27H29ClN4O4. The number of carbonyl (C=O) groups is 2. The summed E-state index contributed by atoms with van der Waals surface area (Å²) >= 11 is 6.46. The Morgan fingerprint density at radius 3 is 2.67 bits per heavy atom. The molecule has 5 rings (SSSR count). The zero-order valence-electron chi connectivity index (χ0n) is 20.2. The maximum Gasteiger partial charge on any atom is 0.269 e. The van der Waals surface area contributed by atoms with Crippen molar-refractivity contribution in [3.05, 3.63) is 81.6 Å². The van der Waals surface area contributed by atoms with E-state index in [0.717, 1.165) is 29.7 Å². The fourth-order valence-electron chi connectivity index (χ4n) is 4.23. The van der Waals surface area contributed by atoms with Crippen molar-refractivity contribution in [3.63, 3.8) is 0 Å². The van der Waals surface area contributed by atoms with Gasteiger partial charge in [0.25, 0.3) is 11.8 Å². The van der Waals surface area contributed by atoms with Crippen molar-refractivity contribution in [1.82, 2.24) is 20.0 Å². The normalized spacial score (nSPS) is 15.6. The molecule has 2 amide bonds. The summed E-state index contributed by atoms with van der Waals surface area (Å²) in [4.78, 5) is 27.2. The van der Waals surface area contributed by atoms with Crippen LogP contribution in [0.5, 0.6) is 5.75 Å². The van der Waals surface area contributed by atoms with E-state index in [9.17, 15) is 9.59 Å². The van der Waals surface area contributed by atoms with Gasteiger partial charge in [0, 0.05) is 38.2 Å². The Balaban J connectivity index is 1.16. The molecule has 0 bridgehead atoms. The second kappa shape index (κ2) is 10.7. The van der Waals surface area contributed by atoms with Crippen molar-refractivity contribution in [3.8, 4) is 5.75 Å². The second-order valence-electron chi connectivity index (χ2n) is 9.19. The molecule has 2 aromatic carbocycles. The third-order valence-electron chi connectivity index (χ3n) is 6.44. The number of benzene rings is 2.